The van der Waals surface area contributed by atoms with Crippen molar-refractivity contribution in [2.75, 3.05) is 39.8 Å². The number of hydrogen-bond donors (Lipinski definition) is 1. The molecular weight excluding hydrogens is 292 g/mol. The van der Waals surface area contributed by atoms with Gasteiger partial charge in [-0.3, -0.25) is 0 Å². The molecule has 2 heterocycles. The fourth-order valence-electron chi connectivity index (χ4n) is 3.32. The van der Waals surface area contributed by atoms with E-state index in [0.29, 0.717) is 12.6 Å². The van der Waals surface area contributed by atoms with Gasteiger partial charge in [0.2, 0.25) is 0 Å². The van der Waals surface area contributed by atoms with Crippen LogP contribution < -0.4 is 5.32 Å². The molecule has 0 spiro atoms. The molecule has 0 aromatic carbocycles. The Morgan fingerprint density at radius 1 is 1.26 bits per heavy atom. The van der Waals surface area contributed by atoms with Crippen molar-refractivity contribution >= 4 is 6.09 Å². The highest BCUT2D eigenvalue weighted by Crippen LogP contribution is 2.26. The molecule has 2 saturated heterocycles. The Bertz CT molecular complexity index is 392. The monoisotopic (exact) mass is 324 g/mol. The molecule has 2 fully saturated rings. The van der Waals surface area contributed by atoms with Gasteiger partial charge in [0, 0.05) is 32.2 Å². The van der Waals surface area contributed by atoms with Crippen LogP contribution in [0.15, 0.2) is 0 Å². The molecule has 0 bridgehead atoms. The zero-order chi connectivity index (χ0) is 17.3. The Morgan fingerprint density at radius 2 is 1.83 bits per heavy atom. The molecular formula is C17H32N4O2. The molecule has 1 N–H and O–H groups in total. The normalized spacial score (nSPS) is 21.8. The molecule has 0 aromatic rings. The molecule has 0 atom stereocenters. The van der Waals surface area contributed by atoms with Crippen LogP contribution in [0.2, 0.25) is 0 Å². The minimum absolute atomic E-state index is 0.187. The van der Waals surface area contributed by atoms with Crippen LogP contribution in [0.4, 0.5) is 4.79 Å². The number of carbonyl (C=O) groups excluding carboxylic acids is 1. The summed E-state index contributed by atoms with van der Waals surface area (Å²) >= 11 is 0. The average molecular weight is 324 g/mol. The number of amides is 1. The van der Waals surface area contributed by atoms with Gasteiger partial charge in [0.1, 0.15) is 5.54 Å². The van der Waals surface area contributed by atoms with E-state index >= 15 is 0 Å². The van der Waals surface area contributed by atoms with Gasteiger partial charge < -0.3 is 19.9 Å². The highest BCUT2D eigenvalue weighted by Gasteiger charge is 2.36. The quantitative estimate of drug-likeness (QED) is 0.862. The summed E-state index contributed by atoms with van der Waals surface area (Å²) in [6, 6.07) is 2.95. The Hall–Kier alpha value is -1.32. The van der Waals surface area contributed by atoms with Crippen molar-refractivity contribution in [3.63, 3.8) is 0 Å². The van der Waals surface area contributed by atoms with E-state index in [1.54, 1.807) is 4.90 Å². The van der Waals surface area contributed by atoms with Crippen LogP contribution in [0, 0.1) is 11.3 Å². The number of likely N-dealkylation sites (tertiary alicyclic amines) is 2. The average Bonchev–Trinajstić information content (AvgIpc) is 2.64. The molecule has 132 valence electrons. The molecule has 1 amide bonds. The maximum Gasteiger partial charge on any atom is 0.409 e. The Labute approximate surface area is 140 Å². The van der Waals surface area contributed by atoms with E-state index in [1.807, 2.05) is 27.8 Å². The molecule has 0 aliphatic carbocycles. The number of ether oxygens (including phenoxy) is 1. The van der Waals surface area contributed by atoms with Crippen molar-refractivity contribution in [2.24, 2.45) is 0 Å². The zero-order valence-electron chi connectivity index (χ0n) is 15.1. The van der Waals surface area contributed by atoms with Crippen molar-refractivity contribution in [3.05, 3.63) is 0 Å². The van der Waals surface area contributed by atoms with Crippen LogP contribution in [0.1, 0.15) is 46.5 Å². The van der Waals surface area contributed by atoms with Gasteiger partial charge in [-0.25, -0.2) is 4.79 Å². The largest absolute Gasteiger partial charge is 0.450 e. The summed E-state index contributed by atoms with van der Waals surface area (Å²) in [5, 5.41) is 12.5. The fourth-order valence-corrected chi connectivity index (χ4v) is 3.32. The number of rotatable bonds is 3. The lowest BCUT2D eigenvalue weighted by Gasteiger charge is -2.43. The number of hydrogen-bond acceptors (Lipinski definition) is 5. The Balaban J connectivity index is 0.00000127. The highest BCUT2D eigenvalue weighted by molar-refractivity contribution is 5.67. The van der Waals surface area contributed by atoms with E-state index in [2.05, 4.69) is 16.3 Å². The van der Waals surface area contributed by atoms with E-state index in [0.717, 1.165) is 51.9 Å². The SMILES string of the molecule is CC.CCOC(=O)N1CCC(N2CCC(C#N)(NC)CC2)CC1. The number of nitrogens with zero attached hydrogens (tertiary/aromatic N) is 3. The lowest BCUT2D eigenvalue weighted by molar-refractivity contribution is 0.0597. The molecule has 2 aliphatic rings. The molecule has 0 aromatic heterocycles. The minimum Gasteiger partial charge on any atom is -0.450 e. The van der Waals surface area contributed by atoms with Gasteiger partial charge in [-0.05, 0) is 39.7 Å². The van der Waals surface area contributed by atoms with Crippen LogP contribution in [0.5, 0.6) is 0 Å². The van der Waals surface area contributed by atoms with Crippen LogP contribution in [-0.4, -0.2) is 67.3 Å². The van der Waals surface area contributed by atoms with Crippen molar-refractivity contribution in [2.45, 2.75) is 58.0 Å². The summed E-state index contributed by atoms with van der Waals surface area (Å²) in [6.45, 7) is 9.73. The first-order valence-electron chi connectivity index (χ1n) is 8.90. The number of carbonyl (C=O) groups is 1. The number of nitrogens with one attached hydrogen (secondary N) is 1. The van der Waals surface area contributed by atoms with Gasteiger partial charge in [0.25, 0.3) is 0 Å². The van der Waals surface area contributed by atoms with Crippen LogP contribution in [0.3, 0.4) is 0 Å². The molecule has 6 nitrogen and oxygen atoms in total. The van der Waals surface area contributed by atoms with Gasteiger partial charge in [0.05, 0.1) is 12.7 Å². The van der Waals surface area contributed by atoms with Crippen molar-refractivity contribution in [3.8, 4) is 6.07 Å². The van der Waals surface area contributed by atoms with Gasteiger partial charge in [-0.2, -0.15) is 5.26 Å². The van der Waals surface area contributed by atoms with E-state index in [-0.39, 0.29) is 11.6 Å². The predicted molar refractivity (Wildman–Crippen MR) is 91.2 cm³/mol. The summed E-state index contributed by atoms with van der Waals surface area (Å²) in [7, 11) is 1.87. The minimum atomic E-state index is -0.345. The maximum atomic E-state index is 11.7. The van der Waals surface area contributed by atoms with Gasteiger partial charge in [-0.1, -0.05) is 13.8 Å². The summed E-state index contributed by atoms with van der Waals surface area (Å²) in [4.78, 5) is 16.0. The second-order valence-corrected chi connectivity index (χ2v) is 5.90. The molecule has 2 aliphatic heterocycles. The summed E-state index contributed by atoms with van der Waals surface area (Å²) < 4.78 is 5.05. The third-order valence-corrected chi connectivity index (χ3v) is 4.85. The summed E-state index contributed by atoms with van der Waals surface area (Å²) in [5.74, 6) is 0. The first-order valence-corrected chi connectivity index (χ1v) is 8.90. The van der Waals surface area contributed by atoms with Crippen LogP contribution in [-0.2, 0) is 4.74 Å². The smallest absolute Gasteiger partial charge is 0.409 e. The van der Waals surface area contributed by atoms with Crippen LogP contribution in [0.25, 0.3) is 0 Å². The predicted octanol–water partition coefficient (Wildman–Crippen LogP) is 2.21. The first-order chi connectivity index (χ1) is 11.1. The maximum absolute atomic E-state index is 11.7. The van der Waals surface area contributed by atoms with Gasteiger partial charge in [-0.15, -0.1) is 0 Å². The Morgan fingerprint density at radius 3 is 2.26 bits per heavy atom. The van der Waals surface area contributed by atoms with E-state index in [9.17, 15) is 10.1 Å². The standard InChI is InChI=1S/C15H26N4O2.C2H6/c1-3-21-14(20)19-8-4-13(5-9-19)18-10-6-15(12-16,17-2)7-11-18;1-2/h13,17H,3-11H2,1-2H3;1-2H3. The number of piperidine rings is 2. The first kappa shape index (κ1) is 19.7. The third-order valence-electron chi connectivity index (χ3n) is 4.85. The van der Waals surface area contributed by atoms with Crippen LogP contribution >= 0.6 is 0 Å². The van der Waals surface area contributed by atoms with E-state index < -0.39 is 0 Å². The van der Waals surface area contributed by atoms with Crippen molar-refractivity contribution < 1.29 is 9.53 Å². The molecule has 2 rings (SSSR count). The van der Waals surface area contributed by atoms with Gasteiger partial charge in [0.15, 0.2) is 0 Å². The molecule has 0 saturated carbocycles. The third kappa shape index (κ3) is 5.08. The van der Waals surface area contributed by atoms with E-state index in [1.165, 1.54) is 0 Å². The topological polar surface area (TPSA) is 68.6 Å². The lowest BCUT2D eigenvalue weighted by Crippen LogP contribution is -2.55. The molecule has 6 heteroatoms. The zero-order valence-corrected chi connectivity index (χ0v) is 15.1. The van der Waals surface area contributed by atoms with Crippen molar-refractivity contribution in [1.29, 1.82) is 5.26 Å². The summed E-state index contributed by atoms with van der Waals surface area (Å²) in [5.41, 5.74) is -0.345. The highest BCUT2D eigenvalue weighted by atomic mass is 16.6. The van der Waals surface area contributed by atoms with E-state index in [4.69, 9.17) is 4.74 Å². The summed E-state index contributed by atoms with van der Waals surface area (Å²) in [6.07, 6.45) is 3.56. The number of nitriles is 1. The second-order valence-electron chi connectivity index (χ2n) is 5.90. The molecule has 23 heavy (non-hydrogen) atoms. The fraction of sp³-hybridized carbons (Fsp3) is 0.882. The second kappa shape index (κ2) is 9.74. The molecule has 0 unspecified atom stereocenters. The molecule has 0 radical (unpaired) electrons. The van der Waals surface area contributed by atoms with Crippen molar-refractivity contribution in [1.82, 2.24) is 15.1 Å². The van der Waals surface area contributed by atoms with Gasteiger partial charge >= 0.3 is 6.09 Å². The Kier molecular flexibility index (Phi) is 8.35. The lowest BCUT2D eigenvalue weighted by atomic mass is 9.87.